The van der Waals surface area contributed by atoms with Crippen molar-refractivity contribution in [1.82, 2.24) is 0 Å². The Morgan fingerprint density at radius 2 is 2.11 bits per heavy atom. The molecule has 1 atom stereocenters. The van der Waals surface area contributed by atoms with E-state index in [-0.39, 0.29) is 24.0 Å². The molecular formula is C21H28O5S. The quantitative estimate of drug-likeness (QED) is 0.390. The molecule has 148 valence electrons. The summed E-state index contributed by atoms with van der Waals surface area (Å²) in [6.07, 6.45) is 5.01. The van der Waals surface area contributed by atoms with Gasteiger partial charge in [0.15, 0.2) is 5.05 Å². The van der Waals surface area contributed by atoms with Gasteiger partial charge in [-0.25, -0.2) is 4.79 Å². The number of aromatic hydroxyl groups is 1. The predicted molar refractivity (Wildman–Crippen MR) is 109 cm³/mol. The topological polar surface area (TPSA) is 65.0 Å². The number of allylic oxidation sites excluding steroid dienone is 2. The van der Waals surface area contributed by atoms with Gasteiger partial charge in [-0.15, -0.1) is 0 Å². The highest BCUT2D eigenvalue weighted by molar-refractivity contribution is 7.80. The molecule has 0 amide bonds. The van der Waals surface area contributed by atoms with E-state index in [0.717, 1.165) is 24.0 Å². The number of fused-ring (bicyclic) bond motifs is 1. The molecule has 1 aromatic carbocycles. The van der Waals surface area contributed by atoms with Gasteiger partial charge in [0.2, 0.25) is 0 Å². The van der Waals surface area contributed by atoms with E-state index in [0.29, 0.717) is 34.8 Å². The lowest BCUT2D eigenvalue weighted by molar-refractivity contribution is 0.0533. The van der Waals surface area contributed by atoms with E-state index >= 15 is 0 Å². The minimum absolute atomic E-state index is 0.0466. The van der Waals surface area contributed by atoms with Crippen molar-refractivity contribution in [2.75, 3.05) is 7.11 Å². The molecule has 1 aliphatic heterocycles. The normalized spacial score (nSPS) is 14.6. The van der Waals surface area contributed by atoms with Gasteiger partial charge in [0.1, 0.15) is 23.7 Å². The number of thiocarbonyl (C=S) groups is 1. The molecule has 0 radical (unpaired) electrons. The van der Waals surface area contributed by atoms with Gasteiger partial charge in [-0.05, 0) is 57.8 Å². The van der Waals surface area contributed by atoms with E-state index in [1.165, 1.54) is 0 Å². The molecule has 0 spiro atoms. The number of ether oxygens (including phenoxy) is 3. The summed E-state index contributed by atoms with van der Waals surface area (Å²) in [6.45, 7) is 8.14. The Morgan fingerprint density at radius 1 is 1.41 bits per heavy atom. The Balaban J connectivity index is 2.14. The number of benzene rings is 1. The first-order chi connectivity index (χ1) is 12.8. The third kappa shape index (κ3) is 4.80. The summed E-state index contributed by atoms with van der Waals surface area (Å²) < 4.78 is 16.2. The summed E-state index contributed by atoms with van der Waals surface area (Å²) in [7, 11) is 1.57. The number of rotatable bonds is 8. The number of cyclic esters (lactones) is 1. The van der Waals surface area contributed by atoms with E-state index in [1.54, 1.807) is 7.11 Å². The highest BCUT2D eigenvalue weighted by Gasteiger charge is 2.31. The van der Waals surface area contributed by atoms with E-state index in [9.17, 15) is 9.90 Å². The molecule has 5 nitrogen and oxygen atoms in total. The van der Waals surface area contributed by atoms with Crippen LogP contribution < -0.4 is 4.74 Å². The Morgan fingerprint density at radius 3 is 2.74 bits per heavy atom. The van der Waals surface area contributed by atoms with Crippen LogP contribution in [0, 0.1) is 6.92 Å². The zero-order chi connectivity index (χ0) is 20.1. The molecule has 27 heavy (non-hydrogen) atoms. The fourth-order valence-electron chi connectivity index (χ4n) is 3.07. The van der Waals surface area contributed by atoms with Gasteiger partial charge < -0.3 is 19.3 Å². The molecule has 6 heteroatoms. The van der Waals surface area contributed by atoms with Gasteiger partial charge in [0, 0.05) is 17.5 Å². The van der Waals surface area contributed by atoms with Crippen LogP contribution in [0.25, 0.3) is 0 Å². The van der Waals surface area contributed by atoms with Crippen molar-refractivity contribution in [1.29, 1.82) is 0 Å². The maximum absolute atomic E-state index is 12.0. The van der Waals surface area contributed by atoms with E-state index in [1.807, 2.05) is 26.8 Å². The minimum atomic E-state index is -0.484. The Bertz CT molecular complexity index is 767. The van der Waals surface area contributed by atoms with Gasteiger partial charge in [-0.1, -0.05) is 18.6 Å². The number of methoxy groups -OCH3 is 1. The smallest absolute Gasteiger partial charge is 0.342 e. The number of hydrogen-bond donors (Lipinski definition) is 1. The molecule has 1 aromatic rings. The van der Waals surface area contributed by atoms with Crippen molar-refractivity contribution < 1.29 is 24.1 Å². The molecule has 0 aromatic heterocycles. The van der Waals surface area contributed by atoms with Crippen LogP contribution in [0.3, 0.4) is 0 Å². The van der Waals surface area contributed by atoms with Gasteiger partial charge >= 0.3 is 5.97 Å². The molecule has 0 saturated carbocycles. The second kappa shape index (κ2) is 9.22. The van der Waals surface area contributed by atoms with Gasteiger partial charge in [-0.3, -0.25) is 0 Å². The molecule has 0 aliphatic carbocycles. The molecule has 1 heterocycles. The fourth-order valence-corrected chi connectivity index (χ4v) is 3.34. The first kappa shape index (κ1) is 21.2. The van der Waals surface area contributed by atoms with E-state index in [4.69, 9.17) is 26.4 Å². The molecule has 1 aliphatic rings. The van der Waals surface area contributed by atoms with Gasteiger partial charge in [0.05, 0.1) is 13.2 Å². The molecule has 0 bridgehead atoms. The zero-order valence-corrected chi connectivity index (χ0v) is 17.5. The molecule has 0 saturated heterocycles. The van der Waals surface area contributed by atoms with E-state index < -0.39 is 5.97 Å². The first-order valence-electron chi connectivity index (χ1n) is 9.23. The summed E-state index contributed by atoms with van der Waals surface area (Å²) >= 11 is 5.28. The maximum Gasteiger partial charge on any atom is 0.342 e. The average Bonchev–Trinajstić information content (AvgIpc) is 3.03. The predicted octanol–water partition coefficient (Wildman–Crippen LogP) is 4.79. The van der Waals surface area contributed by atoms with Crippen molar-refractivity contribution in [2.45, 2.75) is 66.1 Å². The van der Waals surface area contributed by atoms with Crippen LogP contribution in [0.15, 0.2) is 11.6 Å². The van der Waals surface area contributed by atoms with Crippen molar-refractivity contribution in [3.05, 3.63) is 33.9 Å². The highest BCUT2D eigenvalue weighted by atomic mass is 32.1. The Labute approximate surface area is 166 Å². The molecular weight excluding hydrogens is 364 g/mol. The van der Waals surface area contributed by atoms with Crippen LogP contribution in [-0.2, 0) is 22.5 Å². The summed E-state index contributed by atoms with van der Waals surface area (Å²) in [6, 6.07) is 0. The maximum atomic E-state index is 12.0. The monoisotopic (exact) mass is 392 g/mol. The highest BCUT2D eigenvalue weighted by Crippen LogP contribution is 2.42. The lowest BCUT2D eigenvalue weighted by atomic mass is 9.94. The molecule has 2 rings (SSSR count). The SMILES string of the molecule is CCC(C)OC(=S)CC/C(C)=C/Cc1c(O)c2c(c(C)c1OC)COC2=O. The zero-order valence-electron chi connectivity index (χ0n) is 16.7. The second-order valence-corrected chi connectivity index (χ2v) is 7.33. The van der Waals surface area contributed by atoms with Crippen molar-refractivity contribution >= 4 is 23.2 Å². The van der Waals surface area contributed by atoms with Crippen LogP contribution in [0.5, 0.6) is 11.5 Å². The average molecular weight is 393 g/mol. The van der Waals surface area contributed by atoms with Crippen molar-refractivity contribution in [3.63, 3.8) is 0 Å². The second-order valence-electron chi connectivity index (χ2n) is 6.88. The lowest BCUT2D eigenvalue weighted by Gasteiger charge is -2.16. The third-order valence-corrected chi connectivity index (χ3v) is 5.23. The van der Waals surface area contributed by atoms with E-state index in [2.05, 4.69) is 6.92 Å². The summed E-state index contributed by atoms with van der Waals surface area (Å²) in [5.41, 5.74) is 3.53. The number of phenols is 1. The largest absolute Gasteiger partial charge is 0.507 e. The van der Waals surface area contributed by atoms with Gasteiger partial charge in [0.25, 0.3) is 0 Å². The van der Waals surface area contributed by atoms with Crippen LogP contribution in [0.1, 0.15) is 67.1 Å². The standard InChI is InChI=1S/C21H28O5S/c1-6-13(3)26-17(27)10-8-12(2)7-9-15-19(22)18-16(11-25-21(18)23)14(4)20(15)24-5/h7,13,22H,6,8-11H2,1-5H3/b12-7+. The van der Waals surface area contributed by atoms with Crippen LogP contribution in [0.4, 0.5) is 0 Å². The van der Waals surface area contributed by atoms with Crippen LogP contribution >= 0.6 is 12.2 Å². The molecule has 1 unspecified atom stereocenters. The first-order valence-corrected chi connectivity index (χ1v) is 9.64. The third-order valence-electron chi connectivity index (χ3n) is 4.93. The Hall–Kier alpha value is -2.08. The fraction of sp³-hybridized carbons (Fsp3) is 0.524. The lowest BCUT2D eigenvalue weighted by Crippen LogP contribution is -2.11. The van der Waals surface area contributed by atoms with Crippen LogP contribution in [-0.4, -0.2) is 29.3 Å². The molecule has 0 fully saturated rings. The van der Waals surface area contributed by atoms with Crippen molar-refractivity contribution in [3.8, 4) is 11.5 Å². The van der Waals surface area contributed by atoms with Gasteiger partial charge in [-0.2, -0.15) is 0 Å². The number of carbonyl (C=O) groups is 1. The number of hydrogen-bond acceptors (Lipinski definition) is 6. The Kier molecular flexibility index (Phi) is 7.25. The number of phenolic OH excluding ortho intramolecular Hbond substituents is 1. The summed E-state index contributed by atoms with van der Waals surface area (Å²) in [4.78, 5) is 12.0. The summed E-state index contributed by atoms with van der Waals surface area (Å²) in [5.74, 6) is 0.0709. The van der Waals surface area contributed by atoms with Crippen molar-refractivity contribution in [2.24, 2.45) is 0 Å². The number of carbonyl (C=O) groups excluding carboxylic acids is 1. The molecule has 1 N–H and O–H groups in total. The minimum Gasteiger partial charge on any atom is -0.507 e. The summed E-state index contributed by atoms with van der Waals surface area (Å²) in [5, 5.41) is 11.2. The number of esters is 1. The van der Waals surface area contributed by atoms with Crippen LogP contribution in [0.2, 0.25) is 0 Å².